The number of aliphatic hydroxyl groups is 1. The summed E-state index contributed by atoms with van der Waals surface area (Å²) in [4.78, 5) is 1.98. The average Bonchev–Trinajstić information content (AvgIpc) is 2.82. The van der Waals surface area contributed by atoms with E-state index in [1.807, 2.05) is 18.9 Å². The molecule has 0 aromatic carbocycles. The molecule has 0 amide bonds. The van der Waals surface area contributed by atoms with E-state index in [9.17, 15) is 5.11 Å². The Morgan fingerprint density at radius 2 is 2.39 bits per heavy atom. The highest BCUT2D eigenvalue weighted by Crippen LogP contribution is 2.12. The Kier molecular flexibility index (Phi) is 7.21. The van der Waals surface area contributed by atoms with Crippen molar-refractivity contribution >= 4 is 0 Å². The normalized spacial score (nSPS) is 22.9. The molecule has 5 nitrogen and oxygen atoms in total. The number of ether oxygens (including phenoxy) is 2. The van der Waals surface area contributed by atoms with Crippen molar-refractivity contribution in [1.29, 1.82) is 5.26 Å². The van der Waals surface area contributed by atoms with Crippen LogP contribution in [0.5, 0.6) is 0 Å². The summed E-state index contributed by atoms with van der Waals surface area (Å²) in [7, 11) is 1.91. The molecule has 0 radical (unpaired) electrons. The van der Waals surface area contributed by atoms with Crippen molar-refractivity contribution in [3.8, 4) is 6.07 Å². The fourth-order valence-electron chi connectivity index (χ4n) is 1.96. The fourth-order valence-corrected chi connectivity index (χ4v) is 1.96. The van der Waals surface area contributed by atoms with Crippen LogP contribution in [0.3, 0.4) is 0 Å². The van der Waals surface area contributed by atoms with Gasteiger partial charge in [-0.05, 0) is 26.8 Å². The van der Waals surface area contributed by atoms with Crippen LogP contribution in [0.2, 0.25) is 0 Å². The van der Waals surface area contributed by atoms with E-state index in [0.717, 1.165) is 19.4 Å². The first-order valence-corrected chi connectivity index (χ1v) is 6.58. The molecule has 1 saturated heterocycles. The molecule has 0 saturated carbocycles. The smallest absolute Gasteiger partial charge is 0.0900 e. The van der Waals surface area contributed by atoms with E-state index in [0.29, 0.717) is 26.2 Å². The number of nitriles is 1. The second-order valence-corrected chi connectivity index (χ2v) is 4.98. The van der Waals surface area contributed by atoms with E-state index < -0.39 is 6.10 Å². The van der Waals surface area contributed by atoms with Crippen LogP contribution in [0, 0.1) is 11.3 Å². The molecule has 1 aliphatic heterocycles. The van der Waals surface area contributed by atoms with Gasteiger partial charge in [0.15, 0.2) is 0 Å². The van der Waals surface area contributed by atoms with Gasteiger partial charge in [-0.25, -0.2) is 0 Å². The van der Waals surface area contributed by atoms with Crippen LogP contribution >= 0.6 is 0 Å². The first kappa shape index (κ1) is 15.4. The van der Waals surface area contributed by atoms with Crippen molar-refractivity contribution in [2.24, 2.45) is 0 Å². The zero-order valence-electron chi connectivity index (χ0n) is 11.3. The minimum Gasteiger partial charge on any atom is -0.389 e. The lowest BCUT2D eigenvalue weighted by Gasteiger charge is -2.25. The molecule has 0 spiro atoms. The summed E-state index contributed by atoms with van der Waals surface area (Å²) in [5.74, 6) is 0. The van der Waals surface area contributed by atoms with Crippen LogP contribution in [-0.2, 0) is 9.47 Å². The quantitative estimate of drug-likeness (QED) is 0.695. The Hall–Kier alpha value is -0.670. The molecule has 0 bridgehead atoms. The Balaban J connectivity index is 2.08. The van der Waals surface area contributed by atoms with Gasteiger partial charge in [0, 0.05) is 19.2 Å². The third-order valence-electron chi connectivity index (χ3n) is 3.28. The highest BCUT2D eigenvalue weighted by Gasteiger charge is 2.17. The van der Waals surface area contributed by atoms with Crippen LogP contribution in [0.25, 0.3) is 0 Å². The minimum absolute atomic E-state index is 0.155. The number of hydrogen-bond acceptors (Lipinski definition) is 5. The second kappa shape index (κ2) is 8.44. The lowest BCUT2D eigenvalue weighted by molar-refractivity contribution is -0.0255. The maximum atomic E-state index is 9.82. The third kappa shape index (κ3) is 5.78. The van der Waals surface area contributed by atoms with Gasteiger partial charge in [0.25, 0.3) is 0 Å². The molecule has 1 aliphatic rings. The summed E-state index contributed by atoms with van der Waals surface area (Å²) in [6.45, 7) is 4.21. The molecule has 104 valence electrons. The average molecular weight is 256 g/mol. The topological polar surface area (TPSA) is 65.7 Å². The van der Waals surface area contributed by atoms with Crippen LogP contribution in [0.1, 0.15) is 26.2 Å². The molecule has 3 unspecified atom stereocenters. The van der Waals surface area contributed by atoms with E-state index in [2.05, 4.69) is 6.07 Å². The predicted octanol–water partition coefficient (Wildman–Crippen LogP) is 0.777. The van der Waals surface area contributed by atoms with E-state index in [1.54, 1.807) is 0 Å². The molecule has 18 heavy (non-hydrogen) atoms. The first-order chi connectivity index (χ1) is 8.63. The maximum absolute atomic E-state index is 9.82. The molecule has 5 heteroatoms. The number of nitrogens with zero attached hydrogens (tertiary/aromatic N) is 2. The molecule has 0 aromatic heterocycles. The first-order valence-electron chi connectivity index (χ1n) is 6.58. The third-order valence-corrected chi connectivity index (χ3v) is 3.28. The van der Waals surface area contributed by atoms with E-state index in [1.165, 1.54) is 0 Å². The Morgan fingerprint density at radius 1 is 1.61 bits per heavy atom. The van der Waals surface area contributed by atoms with Crippen LogP contribution in [-0.4, -0.2) is 61.7 Å². The van der Waals surface area contributed by atoms with Gasteiger partial charge in [0.1, 0.15) is 0 Å². The number of aliphatic hydroxyl groups excluding tert-OH is 1. The van der Waals surface area contributed by atoms with Gasteiger partial charge in [-0.1, -0.05) is 0 Å². The number of rotatable bonds is 8. The van der Waals surface area contributed by atoms with Crippen molar-refractivity contribution in [2.75, 3.05) is 33.4 Å². The van der Waals surface area contributed by atoms with E-state index in [-0.39, 0.29) is 12.1 Å². The van der Waals surface area contributed by atoms with Crippen molar-refractivity contribution < 1.29 is 14.6 Å². The molecule has 0 aromatic rings. The molecule has 1 fully saturated rings. The Bertz CT molecular complexity index is 261. The van der Waals surface area contributed by atoms with Crippen molar-refractivity contribution in [2.45, 2.75) is 44.4 Å². The summed E-state index contributed by atoms with van der Waals surface area (Å²) >= 11 is 0. The zero-order valence-corrected chi connectivity index (χ0v) is 11.3. The molecule has 0 aliphatic carbocycles. The van der Waals surface area contributed by atoms with E-state index >= 15 is 0 Å². The maximum Gasteiger partial charge on any atom is 0.0900 e. The highest BCUT2D eigenvalue weighted by molar-refractivity contribution is 4.79. The van der Waals surface area contributed by atoms with Gasteiger partial charge < -0.3 is 19.5 Å². The van der Waals surface area contributed by atoms with Gasteiger partial charge in [-0.15, -0.1) is 0 Å². The largest absolute Gasteiger partial charge is 0.389 e. The molecule has 1 rings (SSSR count). The Morgan fingerprint density at radius 3 is 3.00 bits per heavy atom. The van der Waals surface area contributed by atoms with E-state index in [4.69, 9.17) is 14.7 Å². The summed E-state index contributed by atoms with van der Waals surface area (Å²) in [5.41, 5.74) is 0. The fraction of sp³-hybridized carbons (Fsp3) is 0.923. The van der Waals surface area contributed by atoms with Crippen LogP contribution < -0.4 is 0 Å². The monoisotopic (exact) mass is 256 g/mol. The molecule has 1 heterocycles. The lowest BCUT2D eigenvalue weighted by Crippen LogP contribution is -2.38. The summed E-state index contributed by atoms with van der Waals surface area (Å²) < 4.78 is 10.9. The summed E-state index contributed by atoms with van der Waals surface area (Å²) in [6.07, 6.45) is 2.31. The summed E-state index contributed by atoms with van der Waals surface area (Å²) in [5, 5.41) is 18.4. The van der Waals surface area contributed by atoms with Crippen LogP contribution in [0.15, 0.2) is 0 Å². The molecular formula is C13H24N2O3. The second-order valence-electron chi connectivity index (χ2n) is 4.98. The standard InChI is InChI=1S/C13H24N2O3/c1-11(5-6-14)15(2)8-12(16)9-17-10-13-4-3-7-18-13/h11-13,16H,3-5,7-10H2,1-2H3. The predicted molar refractivity (Wildman–Crippen MR) is 68.1 cm³/mol. The minimum atomic E-state index is -0.516. The lowest BCUT2D eigenvalue weighted by atomic mass is 10.2. The Labute approximate surface area is 109 Å². The zero-order chi connectivity index (χ0) is 13.4. The van der Waals surface area contributed by atoms with Crippen molar-refractivity contribution in [3.05, 3.63) is 0 Å². The van der Waals surface area contributed by atoms with Gasteiger partial charge >= 0.3 is 0 Å². The van der Waals surface area contributed by atoms with Gasteiger partial charge in [-0.3, -0.25) is 0 Å². The van der Waals surface area contributed by atoms with Crippen LogP contribution in [0.4, 0.5) is 0 Å². The SMILES string of the molecule is CC(CC#N)N(C)CC(O)COCC1CCCO1. The highest BCUT2D eigenvalue weighted by atomic mass is 16.5. The molecule has 1 N–H and O–H groups in total. The van der Waals surface area contributed by atoms with Crippen molar-refractivity contribution in [1.82, 2.24) is 4.90 Å². The van der Waals surface area contributed by atoms with Gasteiger partial charge in [0.2, 0.25) is 0 Å². The summed E-state index contributed by atoms with van der Waals surface area (Å²) in [6, 6.07) is 2.29. The molecule has 3 atom stereocenters. The van der Waals surface area contributed by atoms with Crippen molar-refractivity contribution in [3.63, 3.8) is 0 Å². The molecular weight excluding hydrogens is 232 g/mol. The number of hydrogen-bond donors (Lipinski definition) is 1. The van der Waals surface area contributed by atoms with Gasteiger partial charge in [0.05, 0.1) is 37.9 Å². The number of likely N-dealkylation sites (N-methyl/N-ethyl adjacent to an activating group) is 1. The van der Waals surface area contributed by atoms with Gasteiger partial charge in [-0.2, -0.15) is 5.26 Å².